The molecule has 6 heteroatoms. The third-order valence-corrected chi connectivity index (χ3v) is 3.51. The van der Waals surface area contributed by atoms with Crippen LogP contribution >= 0.6 is 0 Å². The third-order valence-electron chi connectivity index (χ3n) is 3.51. The Labute approximate surface area is 132 Å². The number of methoxy groups -OCH3 is 1. The van der Waals surface area contributed by atoms with Crippen molar-refractivity contribution >= 4 is 22.4 Å². The molecule has 0 saturated carbocycles. The van der Waals surface area contributed by atoms with Gasteiger partial charge in [-0.3, -0.25) is 9.59 Å². The number of ether oxygens (including phenoxy) is 1. The van der Waals surface area contributed by atoms with E-state index in [0.29, 0.717) is 22.2 Å². The van der Waals surface area contributed by atoms with Crippen LogP contribution in [-0.2, 0) is 0 Å². The Morgan fingerprint density at radius 3 is 2.65 bits per heavy atom. The van der Waals surface area contributed by atoms with Gasteiger partial charge in [-0.2, -0.15) is 5.10 Å². The van der Waals surface area contributed by atoms with Crippen molar-refractivity contribution < 1.29 is 9.53 Å². The van der Waals surface area contributed by atoms with Crippen LogP contribution in [0.2, 0.25) is 0 Å². The Kier molecular flexibility index (Phi) is 3.80. The minimum absolute atomic E-state index is 0.156. The summed E-state index contributed by atoms with van der Waals surface area (Å²) in [6.07, 6.45) is 0. The van der Waals surface area contributed by atoms with Gasteiger partial charge in [0, 0.05) is 5.39 Å². The van der Waals surface area contributed by atoms with Crippen LogP contribution in [0, 0.1) is 6.92 Å². The SMILES string of the molecule is COc1ccc(C)cc1NC(=O)c1n[nH]c(=O)c2ccccc12. The smallest absolute Gasteiger partial charge is 0.276 e. The molecule has 0 aliphatic carbocycles. The fourth-order valence-electron chi connectivity index (χ4n) is 2.39. The van der Waals surface area contributed by atoms with Crippen LogP contribution < -0.4 is 15.6 Å². The van der Waals surface area contributed by atoms with Crippen molar-refractivity contribution in [2.45, 2.75) is 6.92 Å². The van der Waals surface area contributed by atoms with E-state index in [1.807, 2.05) is 19.1 Å². The zero-order chi connectivity index (χ0) is 16.4. The second kappa shape index (κ2) is 5.92. The van der Waals surface area contributed by atoms with Crippen molar-refractivity contribution in [2.24, 2.45) is 0 Å². The predicted molar refractivity (Wildman–Crippen MR) is 88.0 cm³/mol. The van der Waals surface area contributed by atoms with Gasteiger partial charge in [0.2, 0.25) is 0 Å². The molecule has 1 amide bonds. The third kappa shape index (κ3) is 2.78. The Hall–Kier alpha value is -3.15. The molecule has 1 heterocycles. The number of aromatic nitrogens is 2. The van der Waals surface area contributed by atoms with Crippen LogP contribution in [-0.4, -0.2) is 23.2 Å². The molecule has 0 bridgehead atoms. The number of benzene rings is 2. The molecular formula is C17H15N3O3. The molecule has 0 saturated heterocycles. The van der Waals surface area contributed by atoms with Gasteiger partial charge in [0.05, 0.1) is 18.2 Å². The Morgan fingerprint density at radius 1 is 1.17 bits per heavy atom. The van der Waals surface area contributed by atoms with E-state index in [0.717, 1.165) is 5.56 Å². The maximum Gasteiger partial charge on any atom is 0.276 e. The van der Waals surface area contributed by atoms with E-state index in [2.05, 4.69) is 15.5 Å². The number of rotatable bonds is 3. The van der Waals surface area contributed by atoms with Crippen molar-refractivity contribution in [3.8, 4) is 5.75 Å². The number of carbonyl (C=O) groups is 1. The van der Waals surface area contributed by atoms with Crippen molar-refractivity contribution in [3.63, 3.8) is 0 Å². The van der Waals surface area contributed by atoms with Crippen LogP contribution in [0.3, 0.4) is 0 Å². The second-order valence-corrected chi connectivity index (χ2v) is 5.10. The molecule has 0 unspecified atom stereocenters. The van der Waals surface area contributed by atoms with E-state index in [9.17, 15) is 9.59 Å². The molecule has 3 aromatic rings. The van der Waals surface area contributed by atoms with Crippen molar-refractivity contribution in [1.29, 1.82) is 0 Å². The number of nitrogens with zero attached hydrogens (tertiary/aromatic N) is 1. The molecular weight excluding hydrogens is 294 g/mol. The zero-order valence-electron chi connectivity index (χ0n) is 12.7. The summed E-state index contributed by atoms with van der Waals surface area (Å²) in [6, 6.07) is 12.3. The van der Waals surface area contributed by atoms with Crippen LogP contribution in [0.15, 0.2) is 47.3 Å². The molecule has 23 heavy (non-hydrogen) atoms. The lowest BCUT2D eigenvalue weighted by molar-refractivity contribution is 0.102. The first-order valence-corrected chi connectivity index (χ1v) is 7.03. The lowest BCUT2D eigenvalue weighted by Gasteiger charge is -2.11. The van der Waals surface area contributed by atoms with E-state index < -0.39 is 5.91 Å². The number of hydrogen-bond acceptors (Lipinski definition) is 4. The molecule has 1 aromatic heterocycles. The molecule has 6 nitrogen and oxygen atoms in total. The van der Waals surface area contributed by atoms with Gasteiger partial charge in [0.25, 0.3) is 11.5 Å². The largest absolute Gasteiger partial charge is 0.495 e. The van der Waals surface area contributed by atoms with Gasteiger partial charge in [-0.25, -0.2) is 5.10 Å². The van der Waals surface area contributed by atoms with Crippen LogP contribution in [0.1, 0.15) is 16.1 Å². The lowest BCUT2D eigenvalue weighted by Crippen LogP contribution is -2.19. The highest BCUT2D eigenvalue weighted by molar-refractivity contribution is 6.11. The average molecular weight is 309 g/mol. The number of hydrogen-bond donors (Lipinski definition) is 2. The van der Waals surface area contributed by atoms with E-state index in [4.69, 9.17) is 4.74 Å². The number of fused-ring (bicyclic) bond motifs is 1. The number of aromatic amines is 1. The topological polar surface area (TPSA) is 84.1 Å². The maximum absolute atomic E-state index is 12.6. The summed E-state index contributed by atoms with van der Waals surface area (Å²) in [5, 5.41) is 9.94. The Bertz CT molecular complexity index is 947. The Morgan fingerprint density at radius 2 is 1.91 bits per heavy atom. The van der Waals surface area contributed by atoms with Gasteiger partial charge in [0.15, 0.2) is 5.69 Å². The number of anilines is 1. The number of nitrogens with one attached hydrogen (secondary N) is 2. The molecule has 0 atom stereocenters. The molecule has 0 radical (unpaired) electrons. The van der Waals surface area contributed by atoms with Crippen LogP contribution in [0.4, 0.5) is 5.69 Å². The second-order valence-electron chi connectivity index (χ2n) is 5.10. The van der Waals surface area contributed by atoms with Crippen LogP contribution in [0.25, 0.3) is 10.8 Å². The van der Waals surface area contributed by atoms with Gasteiger partial charge in [-0.15, -0.1) is 0 Å². The summed E-state index contributed by atoms with van der Waals surface area (Å²) in [7, 11) is 1.54. The summed E-state index contributed by atoms with van der Waals surface area (Å²) in [4.78, 5) is 24.4. The van der Waals surface area contributed by atoms with Gasteiger partial charge >= 0.3 is 0 Å². The molecule has 0 aliphatic rings. The summed E-state index contributed by atoms with van der Waals surface area (Å²) in [5.74, 6) is 0.138. The highest BCUT2D eigenvalue weighted by Gasteiger charge is 2.15. The Balaban J connectivity index is 2.04. The fraction of sp³-hybridized carbons (Fsp3) is 0.118. The molecule has 2 N–H and O–H groups in total. The van der Waals surface area contributed by atoms with Gasteiger partial charge in [-0.05, 0) is 30.7 Å². The molecule has 3 rings (SSSR count). The first-order valence-electron chi connectivity index (χ1n) is 7.03. The van der Waals surface area contributed by atoms with Gasteiger partial charge in [-0.1, -0.05) is 24.3 Å². The van der Waals surface area contributed by atoms with Crippen molar-refractivity contribution in [2.75, 3.05) is 12.4 Å². The molecule has 2 aromatic carbocycles. The number of carbonyl (C=O) groups excluding carboxylic acids is 1. The quantitative estimate of drug-likeness (QED) is 0.778. The van der Waals surface area contributed by atoms with E-state index in [1.54, 1.807) is 30.3 Å². The molecule has 0 fully saturated rings. The highest BCUT2D eigenvalue weighted by Crippen LogP contribution is 2.26. The number of amides is 1. The first-order chi connectivity index (χ1) is 11.1. The highest BCUT2D eigenvalue weighted by atomic mass is 16.5. The summed E-state index contributed by atoms with van der Waals surface area (Å²) >= 11 is 0. The van der Waals surface area contributed by atoms with E-state index >= 15 is 0 Å². The van der Waals surface area contributed by atoms with Crippen LogP contribution in [0.5, 0.6) is 5.75 Å². The lowest BCUT2D eigenvalue weighted by atomic mass is 10.1. The number of H-pyrrole nitrogens is 1. The zero-order valence-corrected chi connectivity index (χ0v) is 12.7. The summed E-state index contributed by atoms with van der Waals surface area (Å²) in [5.41, 5.74) is 1.36. The molecule has 0 spiro atoms. The molecule has 116 valence electrons. The number of aryl methyl sites for hydroxylation is 1. The van der Waals surface area contributed by atoms with Gasteiger partial charge < -0.3 is 10.1 Å². The van der Waals surface area contributed by atoms with Gasteiger partial charge in [0.1, 0.15) is 5.75 Å². The average Bonchev–Trinajstić information content (AvgIpc) is 2.55. The fourth-order valence-corrected chi connectivity index (χ4v) is 2.39. The minimum atomic E-state index is -0.415. The van der Waals surface area contributed by atoms with E-state index in [-0.39, 0.29) is 11.3 Å². The van der Waals surface area contributed by atoms with Crippen molar-refractivity contribution in [3.05, 3.63) is 64.1 Å². The standard InChI is InChI=1S/C17H15N3O3/c1-10-7-8-14(23-2)13(9-10)18-17(22)15-11-5-3-4-6-12(11)16(21)20-19-15/h3-9H,1-2H3,(H,18,22)(H,20,21). The predicted octanol–water partition coefficient (Wildman–Crippen LogP) is 2.49. The van der Waals surface area contributed by atoms with E-state index in [1.165, 1.54) is 7.11 Å². The molecule has 0 aliphatic heterocycles. The maximum atomic E-state index is 12.6. The minimum Gasteiger partial charge on any atom is -0.495 e. The monoisotopic (exact) mass is 309 g/mol. The summed E-state index contributed by atoms with van der Waals surface area (Å²) < 4.78 is 5.25. The first kappa shape index (κ1) is 14.8. The normalized spacial score (nSPS) is 10.5. The summed E-state index contributed by atoms with van der Waals surface area (Å²) in [6.45, 7) is 1.92. The van der Waals surface area contributed by atoms with Crippen molar-refractivity contribution in [1.82, 2.24) is 10.2 Å².